The van der Waals surface area contributed by atoms with Crippen LogP contribution in [0.4, 0.5) is 19.0 Å². The Morgan fingerprint density at radius 2 is 1.85 bits per heavy atom. The average molecular weight is 283 g/mol. The van der Waals surface area contributed by atoms with Crippen LogP contribution in [-0.2, 0) is 6.54 Å². The molecule has 0 atom stereocenters. The van der Waals surface area contributed by atoms with Gasteiger partial charge in [-0.25, -0.2) is 4.98 Å². The zero-order valence-electron chi connectivity index (χ0n) is 11.3. The molecule has 0 aliphatic rings. The minimum absolute atomic E-state index is 0.345. The van der Waals surface area contributed by atoms with E-state index in [1.807, 2.05) is 19.2 Å². The molecule has 1 aromatic heterocycles. The summed E-state index contributed by atoms with van der Waals surface area (Å²) in [6.45, 7) is -0.397. The van der Waals surface area contributed by atoms with Crippen LogP contribution in [0, 0.1) is 0 Å². The van der Waals surface area contributed by atoms with Gasteiger partial charge in [0.15, 0.2) is 0 Å². The van der Waals surface area contributed by atoms with Gasteiger partial charge in [0.25, 0.3) is 0 Å². The Labute approximate surface area is 115 Å². The van der Waals surface area contributed by atoms with Gasteiger partial charge in [-0.3, -0.25) is 0 Å². The molecule has 0 aliphatic carbocycles. The molecule has 0 fully saturated rings. The van der Waals surface area contributed by atoms with Crippen LogP contribution in [-0.4, -0.2) is 31.8 Å². The van der Waals surface area contributed by atoms with Crippen molar-refractivity contribution in [1.82, 2.24) is 10.3 Å². The summed E-state index contributed by atoms with van der Waals surface area (Å²) < 4.78 is 37.5. The van der Waals surface area contributed by atoms with E-state index < -0.39 is 12.7 Å². The monoisotopic (exact) mass is 283 g/mol. The molecule has 0 aliphatic heterocycles. The Morgan fingerprint density at radius 1 is 1.20 bits per heavy atom. The third-order valence-corrected chi connectivity index (χ3v) is 3.00. The first-order valence-corrected chi connectivity index (χ1v) is 6.21. The molecule has 0 saturated carbocycles. The molecule has 0 spiro atoms. The summed E-state index contributed by atoms with van der Waals surface area (Å²) in [4.78, 5) is 5.33. The number of alkyl halides is 3. The van der Waals surface area contributed by atoms with Crippen LogP contribution in [0.1, 0.15) is 5.56 Å². The highest BCUT2D eigenvalue weighted by atomic mass is 19.4. The van der Waals surface area contributed by atoms with Crippen molar-refractivity contribution >= 4 is 16.6 Å². The van der Waals surface area contributed by atoms with E-state index in [1.54, 1.807) is 18.3 Å². The second-order valence-corrected chi connectivity index (χ2v) is 4.65. The minimum atomic E-state index is -4.25. The molecule has 0 radical (unpaired) electrons. The van der Waals surface area contributed by atoms with Crippen LogP contribution in [0.15, 0.2) is 30.5 Å². The molecule has 1 heterocycles. The summed E-state index contributed by atoms with van der Waals surface area (Å²) >= 11 is 0. The first-order chi connectivity index (χ1) is 9.42. The number of nitrogens with one attached hydrogen (secondary N) is 1. The predicted octanol–water partition coefficient (Wildman–Crippen LogP) is 2.95. The molecule has 108 valence electrons. The Kier molecular flexibility index (Phi) is 4.13. The van der Waals surface area contributed by atoms with E-state index >= 15 is 0 Å². The molecule has 2 rings (SSSR count). The van der Waals surface area contributed by atoms with Crippen molar-refractivity contribution in [2.24, 2.45) is 0 Å². The molecule has 1 N–H and O–H groups in total. The SMILES string of the molecule is CNCc1cnc(N(C)CC(F)(F)F)c2ccccc12. The van der Waals surface area contributed by atoms with Gasteiger partial charge in [-0.15, -0.1) is 0 Å². The predicted molar refractivity (Wildman–Crippen MR) is 73.8 cm³/mol. The van der Waals surface area contributed by atoms with Crippen LogP contribution in [0.5, 0.6) is 0 Å². The number of aromatic nitrogens is 1. The molecule has 20 heavy (non-hydrogen) atoms. The van der Waals surface area contributed by atoms with E-state index in [0.717, 1.165) is 21.2 Å². The van der Waals surface area contributed by atoms with Crippen molar-refractivity contribution in [1.29, 1.82) is 0 Å². The Morgan fingerprint density at radius 3 is 2.45 bits per heavy atom. The number of hydrogen-bond acceptors (Lipinski definition) is 3. The Bertz CT molecular complexity index is 596. The van der Waals surface area contributed by atoms with E-state index in [1.165, 1.54) is 7.05 Å². The van der Waals surface area contributed by atoms with Gasteiger partial charge in [0.05, 0.1) is 0 Å². The second-order valence-electron chi connectivity index (χ2n) is 4.65. The molecule has 1 aromatic carbocycles. The van der Waals surface area contributed by atoms with Gasteiger partial charge >= 0.3 is 6.18 Å². The fourth-order valence-corrected chi connectivity index (χ4v) is 2.22. The number of hydrogen-bond donors (Lipinski definition) is 1. The highest BCUT2D eigenvalue weighted by Crippen LogP contribution is 2.28. The number of pyridine rings is 1. The molecule has 0 saturated heterocycles. The summed E-state index contributed by atoms with van der Waals surface area (Å²) in [6, 6.07) is 7.37. The summed E-state index contributed by atoms with van der Waals surface area (Å²) in [5.41, 5.74) is 0.965. The van der Waals surface area contributed by atoms with Crippen LogP contribution in [0.3, 0.4) is 0 Å². The molecule has 0 bridgehead atoms. The van der Waals surface area contributed by atoms with E-state index in [0.29, 0.717) is 12.4 Å². The maximum Gasteiger partial charge on any atom is 0.405 e. The van der Waals surface area contributed by atoms with Crippen molar-refractivity contribution < 1.29 is 13.2 Å². The molecule has 2 aromatic rings. The van der Waals surface area contributed by atoms with E-state index in [2.05, 4.69) is 10.3 Å². The first kappa shape index (κ1) is 14.6. The van der Waals surface area contributed by atoms with Gasteiger partial charge in [-0.2, -0.15) is 13.2 Å². The molecule has 0 unspecified atom stereocenters. The minimum Gasteiger partial charge on any atom is -0.350 e. The van der Waals surface area contributed by atoms with Gasteiger partial charge in [0, 0.05) is 25.2 Å². The average Bonchev–Trinajstić information content (AvgIpc) is 2.37. The van der Waals surface area contributed by atoms with Gasteiger partial charge < -0.3 is 10.2 Å². The van der Waals surface area contributed by atoms with Gasteiger partial charge in [0.2, 0.25) is 0 Å². The normalized spacial score (nSPS) is 11.8. The lowest BCUT2D eigenvalue weighted by Crippen LogP contribution is -2.31. The topological polar surface area (TPSA) is 28.2 Å². The first-order valence-electron chi connectivity index (χ1n) is 6.21. The third kappa shape index (κ3) is 3.19. The molecule has 0 amide bonds. The summed E-state index contributed by atoms with van der Waals surface area (Å²) in [5.74, 6) is 0.345. The van der Waals surface area contributed by atoms with Crippen LogP contribution < -0.4 is 10.2 Å². The lowest BCUT2D eigenvalue weighted by atomic mass is 10.1. The summed E-state index contributed by atoms with van der Waals surface area (Å²) in [6.07, 6.45) is -2.62. The van der Waals surface area contributed by atoms with Gasteiger partial charge in [0.1, 0.15) is 12.4 Å². The maximum atomic E-state index is 12.5. The van der Waals surface area contributed by atoms with E-state index in [4.69, 9.17) is 0 Å². The van der Waals surface area contributed by atoms with Crippen molar-refractivity contribution in [2.75, 3.05) is 25.5 Å². The maximum absolute atomic E-state index is 12.5. The van der Waals surface area contributed by atoms with Crippen molar-refractivity contribution in [3.05, 3.63) is 36.0 Å². The largest absolute Gasteiger partial charge is 0.405 e. The number of benzene rings is 1. The highest BCUT2D eigenvalue weighted by Gasteiger charge is 2.30. The molecule has 3 nitrogen and oxygen atoms in total. The smallest absolute Gasteiger partial charge is 0.350 e. The van der Waals surface area contributed by atoms with Crippen molar-refractivity contribution in [3.8, 4) is 0 Å². The summed E-state index contributed by atoms with van der Waals surface area (Å²) in [7, 11) is 3.22. The fourth-order valence-electron chi connectivity index (χ4n) is 2.22. The number of halogens is 3. The van der Waals surface area contributed by atoms with Gasteiger partial charge in [-0.05, 0) is 18.0 Å². The molecular weight excluding hydrogens is 267 g/mol. The zero-order chi connectivity index (χ0) is 14.8. The van der Waals surface area contributed by atoms with Crippen LogP contribution in [0.25, 0.3) is 10.8 Å². The van der Waals surface area contributed by atoms with Crippen molar-refractivity contribution in [3.63, 3.8) is 0 Å². The standard InChI is InChI=1S/C14H16F3N3/c1-18-7-10-8-19-13(20(2)9-14(15,16)17)12-6-4-3-5-11(10)12/h3-6,8,18H,7,9H2,1-2H3. The van der Waals surface area contributed by atoms with E-state index in [9.17, 15) is 13.2 Å². The highest BCUT2D eigenvalue weighted by molar-refractivity contribution is 5.94. The van der Waals surface area contributed by atoms with Crippen molar-refractivity contribution in [2.45, 2.75) is 12.7 Å². The number of fused-ring (bicyclic) bond motifs is 1. The number of anilines is 1. The lowest BCUT2D eigenvalue weighted by Gasteiger charge is -2.22. The quantitative estimate of drug-likeness (QED) is 0.935. The Hall–Kier alpha value is -1.82. The Balaban J connectivity index is 2.47. The van der Waals surface area contributed by atoms with Gasteiger partial charge in [-0.1, -0.05) is 24.3 Å². The third-order valence-electron chi connectivity index (χ3n) is 3.00. The van der Waals surface area contributed by atoms with Crippen LogP contribution in [0.2, 0.25) is 0 Å². The zero-order valence-corrected chi connectivity index (χ0v) is 11.3. The summed E-state index contributed by atoms with van der Waals surface area (Å²) in [5, 5.41) is 4.68. The fraction of sp³-hybridized carbons (Fsp3) is 0.357. The number of nitrogens with zero attached hydrogens (tertiary/aromatic N) is 2. The number of rotatable bonds is 4. The van der Waals surface area contributed by atoms with Crippen LogP contribution >= 0.6 is 0 Å². The van der Waals surface area contributed by atoms with E-state index in [-0.39, 0.29) is 0 Å². The molecular formula is C14H16F3N3. The molecule has 6 heteroatoms. The second kappa shape index (κ2) is 5.66. The lowest BCUT2D eigenvalue weighted by molar-refractivity contribution is -0.119.